The van der Waals surface area contributed by atoms with E-state index in [1.54, 1.807) is 12.3 Å². The Morgan fingerprint density at radius 2 is 2.00 bits per heavy atom. The van der Waals surface area contributed by atoms with E-state index >= 15 is 0 Å². The van der Waals surface area contributed by atoms with E-state index in [9.17, 15) is 18.0 Å². The van der Waals surface area contributed by atoms with Crippen LogP contribution in [0.2, 0.25) is 0 Å². The Balaban J connectivity index is 1.77. The second-order valence-electron chi connectivity index (χ2n) is 6.30. The first-order valence-corrected chi connectivity index (χ1v) is 8.21. The Bertz CT molecular complexity index is 736. The van der Waals surface area contributed by atoms with Crippen LogP contribution in [0, 0.1) is 6.92 Å². The molecule has 0 unspecified atom stereocenters. The third-order valence-corrected chi connectivity index (χ3v) is 4.51. The standard InChI is InChI=1S/C16H19F3N6O/c1-12-3-4-13(23-22-12)24-9-5-15(6-10-24,25-8-2-7-21-25)14(26)20-11-16(17,18)19/h2-4,7-8H,5-6,9-11H2,1H3,(H,20,26). The molecule has 3 heterocycles. The molecule has 1 aliphatic heterocycles. The third kappa shape index (κ3) is 3.78. The maximum Gasteiger partial charge on any atom is 0.405 e. The molecule has 1 fully saturated rings. The number of anilines is 1. The fourth-order valence-electron chi connectivity index (χ4n) is 3.09. The van der Waals surface area contributed by atoms with Gasteiger partial charge in [-0.3, -0.25) is 9.48 Å². The summed E-state index contributed by atoms with van der Waals surface area (Å²) in [6.07, 6.45) is -0.716. The van der Waals surface area contributed by atoms with E-state index in [2.05, 4.69) is 15.3 Å². The molecule has 1 amide bonds. The van der Waals surface area contributed by atoms with Crippen molar-refractivity contribution in [1.29, 1.82) is 0 Å². The van der Waals surface area contributed by atoms with E-state index in [-0.39, 0.29) is 0 Å². The van der Waals surface area contributed by atoms with E-state index in [1.807, 2.05) is 29.3 Å². The van der Waals surface area contributed by atoms with Gasteiger partial charge in [-0.2, -0.15) is 23.4 Å². The number of carbonyl (C=O) groups excluding carboxylic acids is 1. The number of carbonyl (C=O) groups is 1. The summed E-state index contributed by atoms with van der Waals surface area (Å²) in [6, 6.07) is 5.33. The Labute approximate surface area is 148 Å². The number of piperidine rings is 1. The highest BCUT2D eigenvalue weighted by atomic mass is 19.4. The van der Waals surface area contributed by atoms with E-state index < -0.39 is 24.2 Å². The minimum Gasteiger partial charge on any atom is -0.355 e. The molecule has 0 aliphatic carbocycles. The molecule has 0 saturated carbocycles. The lowest BCUT2D eigenvalue weighted by Gasteiger charge is -2.41. The van der Waals surface area contributed by atoms with Gasteiger partial charge in [-0.25, -0.2) is 0 Å². The first-order chi connectivity index (χ1) is 12.3. The molecule has 0 atom stereocenters. The molecule has 1 aliphatic rings. The molecule has 26 heavy (non-hydrogen) atoms. The number of nitrogens with one attached hydrogen (secondary N) is 1. The SMILES string of the molecule is Cc1ccc(N2CCC(C(=O)NCC(F)(F)F)(n3cccn3)CC2)nn1. The molecule has 0 aromatic carbocycles. The van der Waals surface area contributed by atoms with Crippen LogP contribution in [-0.2, 0) is 10.3 Å². The number of nitrogens with zero attached hydrogens (tertiary/aromatic N) is 5. The van der Waals surface area contributed by atoms with E-state index in [0.29, 0.717) is 31.7 Å². The van der Waals surface area contributed by atoms with Crippen LogP contribution in [0.15, 0.2) is 30.6 Å². The lowest BCUT2D eigenvalue weighted by molar-refractivity contribution is -0.145. The van der Waals surface area contributed by atoms with Crippen LogP contribution in [0.1, 0.15) is 18.5 Å². The van der Waals surface area contributed by atoms with Crippen molar-refractivity contribution < 1.29 is 18.0 Å². The van der Waals surface area contributed by atoms with Crippen LogP contribution in [0.4, 0.5) is 19.0 Å². The van der Waals surface area contributed by atoms with Gasteiger partial charge in [0.2, 0.25) is 5.91 Å². The summed E-state index contributed by atoms with van der Waals surface area (Å²) in [5.74, 6) is 0.00790. The summed E-state index contributed by atoms with van der Waals surface area (Å²) in [5.41, 5.74) is -0.355. The number of amides is 1. The Kier molecular flexibility index (Phi) is 4.84. The third-order valence-electron chi connectivity index (χ3n) is 4.51. The Morgan fingerprint density at radius 3 is 2.54 bits per heavy atom. The summed E-state index contributed by atoms with van der Waals surface area (Å²) >= 11 is 0. The van der Waals surface area contributed by atoms with Gasteiger partial charge in [0.1, 0.15) is 12.1 Å². The Hall–Kier alpha value is -2.65. The maximum atomic E-state index is 12.6. The van der Waals surface area contributed by atoms with Gasteiger partial charge in [-0.1, -0.05) is 0 Å². The zero-order valence-electron chi connectivity index (χ0n) is 14.2. The van der Waals surface area contributed by atoms with Crippen LogP contribution >= 0.6 is 0 Å². The van der Waals surface area contributed by atoms with Crippen LogP contribution in [0.3, 0.4) is 0 Å². The summed E-state index contributed by atoms with van der Waals surface area (Å²) in [7, 11) is 0. The number of aryl methyl sites for hydroxylation is 1. The maximum absolute atomic E-state index is 12.6. The molecule has 140 valence electrons. The molecule has 0 bridgehead atoms. The highest BCUT2D eigenvalue weighted by Gasteiger charge is 2.45. The summed E-state index contributed by atoms with van der Waals surface area (Å²) < 4.78 is 39.0. The van der Waals surface area contributed by atoms with Gasteiger partial charge in [-0.15, -0.1) is 5.10 Å². The average molecular weight is 368 g/mol. The molecule has 2 aromatic heterocycles. The number of rotatable bonds is 4. The van der Waals surface area contributed by atoms with E-state index in [1.165, 1.54) is 10.9 Å². The lowest BCUT2D eigenvalue weighted by Crippen LogP contribution is -2.56. The van der Waals surface area contributed by atoms with E-state index in [0.717, 1.165) is 5.69 Å². The van der Waals surface area contributed by atoms with Crippen molar-refractivity contribution in [2.24, 2.45) is 0 Å². The zero-order valence-corrected chi connectivity index (χ0v) is 14.2. The topological polar surface area (TPSA) is 75.9 Å². The normalized spacial score (nSPS) is 17.2. The van der Waals surface area contributed by atoms with Gasteiger partial charge in [0, 0.05) is 25.5 Å². The molecule has 10 heteroatoms. The van der Waals surface area contributed by atoms with Gasteiger partial charge in [0.05, 0.1) is 5.69 Å². The molecular weight excluding hydrogens is 349 g/mol. The first-order valence-electron chi connectivity index (χ1n) is 8.21. The van der Waals surface area contributed by atoms with Gasteiger partial charge in [0.25, 0.3) is 0 Å². The van der Waals surface area contributed by atoms with Crippen LogP contribution in [-0.4, -0.2) is 51.7 Å². The number of hydrogen-bond acceptors (Lipinski definition) is 5. The molecule has 0 radical (unpaired) electrons. The molecule has 1 N–H and O–H groups in total. The minimum atomic E-state index is -4.46. The predicted molar refractivity (Wildman–Crippen MR) is 87.5 cm³/mol. The zero-order chi connectivity index (χ0) is 18.8. The average Bonchev–Trinajstić information content (AvgIpc) is 3.15. The van der Waals surface area contributed by atoms with Crippen molar-refractivity contribution in [1.82, 2.24) is 25.3 Å². The number of aromatic nitrogens is 4. The number of halogens is 3. The van der Waals surface area contributed by atoms with Crippen molar-refractivity contribution in [3.05, 3.63) is 36.3 Å². The molecule has 0 spiro atoms. The van der Waals surface area contributed by atoms with Gasteiger partial charge in [0.15, 0.2) is 5.82 Å². The highest BCUT2D eigenvalue weighted by molar-refractivity contribution is 5.84. The van der Waals surface area contributed by atoms with Gasteiger partial charge in [-0.05, 0) is 38.0 Å². The van der Waals surface area contributed by atoms with Crippen molar-refractivity contribution in [3.63, 3.8) is 0 Å². The van der Waals surface area contributed by atoms with Crippen molar-refractivity contribution in [3.8, 4) is 0 Å². The van der Waals surface area contributed by atoms with Crippen LogP contribution in [0.5, 0.6) is 0 Å². The molecule has 2 aromatic rings. The van der Waals surface area contributed by atoms with Crippen molar-refractivity contribution >= 4 is 11.7 Å². The van der Waals surface area contributed by atoms with Crippen molar-refractivity contribution in [2.45, 2.75) is 31.5 Å². The second kappa shape index (κ2) is 6.93. The van der Waals surface area contributed by atoms with E-state index in [4.69, 9.17) is 0 Å². The van der Waals surface area contributed by atoms with Crippen LogP contribution in [0.25, 0.3) is 0 Å². The summed E-state index contributed by atoms with van der Waals surface area (Å²) in [4.78, 5) is 14.6. The minimum absolute atomic E-state index is 0.313. The number of alkyl halides is 3. The Morgan fingerprint density at radius 1 is 1.27 bits per heavy atom. The first kappa shape index (κ1) is 18.2. The smallest absolute Gasteiger partial charge is 0.355 e. The number of hydrogen-bond donors (Lipinski definition) is 1. The summed E-state index contributed by atoms with van der Waals surface area (Å²) in [6.45, 7) is 1.39. The van der Waals surface area contributed by atoms with Gasteiger partial charge < -0.3 is 10.2 Å². The molecule has 7 nitrogen and oxygen atoms in total. The molecule has 3 rings (SSSR count). The molecular formula is C16H19F3N6O. The molecule has 1 saturated heterocycles. The summed E-state index contributed by atoms with van der Waals surface area (Å²) in [5, 5.41) is 14.3. The highest BCUT2D eigenvalue weighted by Crippen LogP contribution is 2.32. The second-order valence-corrected chi connectivity index (χ2v) is 6.30. The van der Waals surface area contributed by atoms with Gasteiger partial charge >= 0.3 is 6.18 Å². The fraction of sp³-hybridized carbons (Fsp3) is 0.500. The lowest BCUT2D eigenvalue weighted by atomic mass is 9.86. The van der Waals surface area contributed by atoms with Crippen LogP contribution < -0.4 is 10.2 Å². The monoisotopic (exact) mass is 368 g/mol. The fourth-order valence-corrected chi connectivity index (χ4v) is 3.09. The largest absolute Gasteiger partial charge is 0.405 e. The van der Waals surface area contributed by atoms with Crippen molar-refractivity contribution in [2.75, 3.05) is 24.5 Å². The quantitative estimate of drug-likeness (QED) is 0.888. The predicted octanol–water partition coefficient (Wildman–Crippen LogP) is 1.66.